The van der Waals surface area contributed by atoms with Gasteiger partial charge in [-0.1, -0.05) is 23.7 Å². The van der Waals surface area contributed by atoms with Crippen LogP contribution >= 0.6 is 11.6 Å². The van der Waals surface area contributed by atoms with Gasteiger partial charge in [-0.2, -0.15) is 0 Å². The van der Waals surface area contributed by atoms with Crippen molar-refractivity contribution >= 4 is 34.6 Å². The van der Waals surface area contributed by atoms with E-state index in [1.54, 1.807) is 24.3 Å². The lowest BCUT2D eigenvalue weighted by atomic mass is 10.3. The van der Waals surface area contributed by atoms with Gasteiger partial charge in [-0.15, -0.1) is 0 Å². The summed E-state index contributed by atoms with van der Waals surface area (Å²) < 4.78 is 0. The van der Waals surface area contributed by atoms with Gasteiger partial charge in [-0.3, -0.25) is 10.1 Å². The average Bonchev–Trinajstić information content (AvgIpc) is 2.31. The van der Waals surface area contributed by atoms with E-state index in [1.165, 1.54) is 0 Å². The minimum absolute atomic E-state index is 0.000556. The van der Waals surface area contributed by atoms with Gasteiger partial charge in [0.25, 0.3) is 0 Å². The second kappa shape index (κ2) is 4.84. The van der Waals surface area contributed by atoms with Gasteiger partial charge >= 0.3 is 5.69 Å². The number of para-hydroxylation sites is 1. The molecular weight excluding hydrogens is 258 g/mol. The van der Waals surface area contributed by atoms with Crippen molar-refractivity contribution in [3.8, 4) is 0 Å². The van der Waals surface area contributed by atoms with Crippen LogP contribution in [0.5, 0.6) is 0 Å². The van der Waals surface area contributed by atoms with Crippen LogP contribution in [0.4, 0.5) is 23.0 Å². The molecule has 1 aromatic carbocycles. The Kier molecular flexibility index (Phi) is 3.24. The van der Waals surface area contributed by atoms with Crippen molar-refractivity contribution in [2.75, 3.05) is 11.1 Å². The molecule has 0 saturated carbocycles. The van der Waals surface area contributed by atoms with Gasteiger partial charge in [-0.25, -0.2) is 9.97 Å². The van der Waals surface area contributed by atoms with E-state index in [1.807, 2.05) is 0 Å². The molecule has 0 fully saturated rings. The Hall–Kier alpha value is -2.41. The number of nitrogens with one attached hydrogen (secondary N) is 1. The zero-order chi connectivity index (χ0) is 13.1. The maximum Gasteiger partial charge on any atom is 0.353 e. The Bertz CT molecular complexity index is 605. The van der Waals surface area contributed by atoms with E-state index >= 15 is 0 Å². The number of nitrogens with zero attached hydrogens (tertiary/aromatic N) is 3. The summed E-state index contributed by atoms with van der Waals surface area (Å²) in [5, 5.41) is 14.1. The third-order valence-electron chi connectivity index (χ3n) is 2.16. The molecule has 92 valence electrons. The van der Waals surface area contributed by atoms with Crippen LogP contribution in [0.15, 0.2) is 30.6 Å². The third-order valence-corrected chi connectivity index (χ3v) is 2.49. The standard InChI is InChI=1S/C10H8ClN5O2/c11-6-3-1-2-4-7(6)15-10-8(16(17)18)9(12)13-5-14-10/h1-5H,(H3,12,13,14,15). The molecule has 0 bridgehead atoms. The summed E-state index contributed by atoms with van der Waals surface area (Å²) in [4.78, 5) is 17.6. The van der Waals surface area contributed by atoms with Gasteiger partial charge in [-0.05, 0) is 12.1 Å². The molecule has 2 rings (SSSR count). The first-order chi connectivity index (χ1) is 8.59. The Morgan fingerprint density at radius 2 is 2.06 bits per heavy atom. The van der Waals surface area contributed by atoms with Crippen molar-refractivity contribution in [2.45, 2.75) is 0 Å². The van der Waals surface area contributed by atoms with Crippen molar-refractivity contribution in [1.82, 2.24) is 9.97 Å². The summed E-state index contributed by atoms with van der Waals surface area (Å²) in [6, 6.07) is 6.81. The number of hydrogen-bond acceptors (Lipinski definition) is 6. The summed E-state index contributed by atoms with van der Waals surface area (Å²) in [7, 11) is 0. The summed E-state index contributed by atoms with van der Waals surface area (Å²) in [5.41, 5.74) is 5.57. The lowest BCUT2D eigenvalue weighted by molar-refractivity contribution is -0.383. The fourth-order valence-electron chi connectivity index (χ4n) is 1.35. The van der Waals surface area contributed by atoms with Crippen LogP contribution in [0.2, 0.25) is 5.02 Å². The Morgan fingerprint density at radius 1 is 1.33 bits per heavy atom. The molecule has 0 aliphatic heterocycles. The molecule has 0 saturated heterocycles. The van der Waals surface area contributed by atoms with Gasteiger partial charge in [0.15, 0.2) is 0 Å². The molecule has 1 aromatic heterocycles. The van der Waals surface area contributed by atoms with Gasteiger partial charge in [0.05, 0.1) is 15.6 Å². The van der Waals surface area contributed by atoms with Gasteiger partial charge in [0.1, 0.15) is 6.33 Å². The van der Waals surface area contributed by atoms with Crippen LogP contribution in [-0.4, -0.2) is 14.9 Å². The molecule has 0 unspecified atom stereocenters. The van der Waals surface area contributed by atoms with Crippen LogP contribution in [0.1, 0.15) is 0 Å². The Morgan fingerprint density at radius 3 is 2.72 bits per heavy atom. The fourth-order valence-corrected chi connectivity index (χ4v) is 1.54. The average molecular weight is 266 g/mol. The predicted octanol–water partition coefficient (Wildman–Crippen LogP) is 2.36. The number of nitrogens with two attached hydrogens (primary N) is 1. The number of nitro groups is 1. The molecule has 2 aromatic rings. The molecule has 0 atom stereocenters. The summed E-state index contributed by atoms with van der Waals surface area (Å²) >= 11 is 5.94. The first kappa shape index (κ1) is 12.1. The van der Waals surface area contributed by atoms with Crippen molar-refractivity contribution in [3.05, 3.63) is 45.7 Å². The monoisotopic (exact) mass is 265 g/mol. The number of halogens is 1. The Balaban J connectivity index is 2.44. The van der Waals surface area contributed by atoms with E-state index in [-0.39, 0.29) is 17.3 Å². The molecule has 0 aliphatic carbocycles. The Labute approximate surface area is 107 Å². The zero-order valence-corrected chi connectivity index (χ0v) is 9.76. The maximum atomic E-state index is 10.9. The molecule has 0 radical (unpaired) electrons. The highest BCUT2D eigenvalue weighted by Gasteiger charge is 2.21. The van der Waals surface area contributed by atoms with Crippen molar-refractivity contribution < 1.29 is 4.92 Å². The minimum atomic E-state index is -0.644. The zero-order valence-electron chi connectivity index (χ0n) is 9.00. The van der Waals surface area contributed by atoms with E-state index in [2.05, 4.69) is 15.3 Å². The number of benzene rings is 1. The minimum Gasteiger partial charge on any atom is -0.378 e. The third kappa shape index (κ3) is 2.30. The second-order valence-corrected chi connectivity index (χ2v) is 3.73. The second-order valence-electron chi connectivity index (χ2n) is 3.32. The van der Waals surface area contributed by atoms with Crippen LogP contribution in [-0.2, 0) is 0 Å². The van der Waals surface area contributed by atoms with Crippen LogP contribution < -0.4 is 11.1 Å². The highest BCUT2D eigenvalue weighted by molar-refractivity contribution is 6.33. The highest BCUT2D eigenvalue weighted by Crippen LogP contribution is 2.31. The van der Waals surface area contributed by atoms with E-state index < -0.39 is 4.92 Å². The van der Waals surface area contributed by atoms with Crippen LogP contribution in [0.3, 0.4) is 0 Å². The van der Waals surface area contributed by atoms with Gasteiger partial charge in [0, 0.05) is 0 Å². The number of rotatable bonds is 3. The first-order valence-corrected chi connectivity index (χ1v) is 5.24. The molecule has 7 nitrogen and oxygen atoms in total. The van der Waals surface area contributed by atoms with E-state index in [0.717, 1.165) is 6.33 Å². The van der Waals surface area contributed by atoms with Crippen LogP contribution in [0, 0.1) is 10.1 Å². The van der Waals surface area contributed by atoms with Crippen molar-refractivity contribution in [2.24, 2.45) is 0 Å². The number of hydrogen-bond donors (Lipinski definition) is 2. The quantitative estimate of drug-likeness (QED) is 0.652. The van der Waals surface area contributed by atoms with E-state index in [9.17, 15) is 10.1 Å². The molecule has 0 amide bonds. The molecule has 0 spiro atoms. The molecule has 8 heteroatoms. The number of anilines is 3. The van der Waals surface area contributed by atoms with Gasteiger partial charge < -0.3 is 11.1 Å². The number of aromatic nitrogens is 2. The lowest BCUT2D eigenvalue weighted by Gasteiger charge is -2.07. The molecule has 1 heterocycles. The molecule has 18 heavy (non-hydrogen) atoms. The summed E-state index contributed by atoms with van der Waals surface area (Å²) in [6.45, 7) is 0. The van der Waals surface area contributed by atoms with E-state index in [4.69, 9.17) is 17.3 Å². The predicted molar refractivity (Wildman–Crippen MR) is 67.8 cm³/mol. The van der Waals surface area contributed by atoms with Gasteiger partial charge in [0.2, 0.25) is 11.6 Å². The van der Waals surface area contributed by atoms with Crippen molar-refractivity contribution in [3.63, 3.8) is 0 Å². The van der Waals surface area contributed by atoms with Crippen molar-refractivity contribution in [1.29, 1.82) is 0 Å². The number of nitrogen functional groups attached to an aromatic ring is 1. The summed E-state index contributed by atoms with van der Waals surface area (Å²) in [5.74, 6) is -0.204. The topological polar surface area (TPSA) is 107 Å². The maximum absolute atomic E-state index is 10.9. The van der Waals surface area contributed by atoms with Crippen LogP contribution in [0.25, 0.3) is 0 Å². The normalized spacial score (nSPS) is 10.1. The molecule has 0 aliphatic rings. The highest BCUT2D eigenvalue weighted by atomic mass is 35.5. The summed E-state index contributed by atoms with van der Waals surface area (Å²) in [6.07, 6.45) is 1.14. The largest absolute Gasteiger partial charge is 0.378 e. The smallest absolute Gasteiger partial charge is 0.353 e. The fraction of sp³-hybridized carbons (Fsp3) is 0. The molecular formula is C10H8ClN5O2. The SMILES string of the molecule is Nc1ncnc(Nc2ccccc2Cl)c1[N+](=O)[O-]. The lowest BCUT2D eigenvalue weighted by Crippen LogP contribution is -2.05. The first-order valence-electron chi connectivity index (χ1n) is 4.86. The van der Waals surface area contributed by atoms with E-state index in [0.29, 0.717) is 10.7 Å². The molecule has 3 N–H and O–H groups in total.